The highest BCUT2D eigenvalue weighted by Gasteiger charge is 2.12. The van der Waals surface area contributed by atoms with E-state index in [1.807, 2.05) is 43.3 Å². The summed E-state index contributed by atoms with van der Waals surface area (Å²) in [6.07, 6.45) is 0. The number of aromatic nitrogens is 1. The van der Waals surface area contributed by atoms with E-state index in [9.17, 15) is 9.18 Å². The van der Waals surface area contributed by atoms with Crippen LogP contribution in [0.5, 0.6) is 0 Å². The Balaban J connectivity index is 0.00000243. The van der Waals surface area contributed by atoms with Crippen LogP contribution in [0.3, 0.4) is 0 Å². The number of nitrogens with one attached hydrogen (secondary N) is 1. The van der Waals surface area contributed by atoms with Crippen molar-refractivity contribution in [1.29, 1.82) is 0 Å². The van der Waals surface area contributed by atoms with E-state index in [4.69, 9.17) is 0 Å². The van der Waals surface area contributed by atoms with Crippen LogP contribution in [0.2, 0.25) is 0 Å². The number of carbonyl (C=O) groups excluding carboxylic acids is 1. The van der Waals surface area contributed by atoms with Crippen LogP contribution in [0.15, 0.2) is 54.6 Å². The molecule has 2 aromatic carbocycles. The largest absolute Gasteiger partial charge is 0.351 e. The summed E-state index contributed by atoms with van der Waals surface area (Å²) in [5.41, 5.74) is 2.71. The number of amides is 1. The van der Waals surface area contributed by atoms with Crippen LogP contribution < -0.4 is 5.32 Å². The van der Waals surface area contributed by atoms with Gasteiger partial charge in [0.05, 0.1) is 16.8 Å². The van der Waals surface area contributed by atoms with Gasteiger partial charge in [-0.3, -0.25) is 4.79 Å². The number of nitrogens with zero attached hydrogens (tertiary/aromatic N) is 2. The monoisotopic (exact) mass is 373 g/mol. The number of carbonyl (C=O) groups is 1. The fourth-order valence-electron chi connectivity index (χ4n) is 2.60. The van der Waals surface area contributed by atoms with Crippen molar-refractivity contribution < 1.29 is 9.18 Å². The van der Waals surface area contributed by atoms with Crippen molar-refractivity contribution >= 4 is 29.2 Å². The van der Waals surface area contributed by atoms with Crippen molar-refractivity contribution in [3.8, 4) is 11.3 Å². The number of likely N-dealkylation sites (N-methyl/N-ethyl adjacent to an activating group) is 1. The highest BCUT2D eigenvalue weighted by atomic mass is 35.5. The zero-order chi connectivity index (χ0) is 17.8. The summed E-state index contributed by atoms with van der Waals surface area (Å²) in [7, 11) is 3.92. The Kier molecular flexibility index (Phi) is 6.66. The van der Waals surface area contributed by atoms with E-state index >= 15 is 0 Å². The lowest BCUT2D eigenvalue weighted by Gasteiger charge is -2.12. The zero-order valence-electron chi connectivity index (χ0n) is 14.7. The van der Waals surface area contributed by atoms with Gasteiger partial charge < -0.3 is 10.2 Å². The van der Waals surface area contributed by atoms with Gasteiger partial charge in [0.15, 0.2) is 0 Å². The highest BCUT2D eigenvalue weighted by Crippen LogP contribution is 2.23. The zero-order valence-corrected chi connectivity index (χ0v) is 15.5. The van der Waals surface area contributed by atoms with Crippen LogP contribution in [0.25, 0.3) is 22.2 Å². The normalized spacial score (nSPS) is 10.6. The van der Waals surface area contributed by atoms with Gasteiger partial charge in [0.25, 0.3) is 5.91 Å². The average molecular weight is 374 g/mol. The van der Waals surface area contributed by atoms with Gasteiger partial charge in [-0.2, -0.15) is 0 Å². The minimum Gasteiger partial charge on any atom is -0.351 e. The lowest BCUT2D eigenvalue weighted by Crippen LogP contribution is -2.31. The van der Waals surface area contributed by atoms with E-state index < -0.39 is 0 Å². The second kappa shape index (κ2) is 8.74. The SMILES string of the molecule is CN(C)CCNC(=O)c1cccc2ccc(-c3ccc(F)cc3)nc12.Cl. The molecule has 136 valence electrons. The van der Waals surface area contributed by atoms with Gasteiger partial charge in [0, 0.05) is 24.0 Å². The second-order valence-corrected chi connectivity index (χ2v) is 6.14. The maximum atomic E-state index is 13.1. The molecule has 0 radical (unpaired) electrons. The molecule has 0 atom stereocenters. The summed E-state index contributed by atoms with van der Waals surface area (Å²) in [6.45, 7) is 1.34. The van der Waals surface area contributed by atoms with Crippen molar-refractivity contribution in [1.82, 2.24) is 15.2 Å². The van der Waals surface area contributed by atoms with Crippen LogP contribution in [-0.2, 0) is 0 Å². The molecule has 0 spiro atoms. The standard InChI is InChI=1S/C20H20FN3O.ClH/c1-24(2)13-12-22-20(25)17-5-3-4-15-8-11-18(23-19(15)17)14-6-9-16(21)10-7-14;/h3-11H,12-13H2,1-2H3,(H,22,25);1H. The number of halogens is 2. The van der Waals surface area contributed by atoms with E-state index in [-0.39, 0.29) is 24.1 Å². The predicted octanol–water partition coefficient (Wildman–Crippen LogP) is 3.75. The Morgan fingerprint density at radius 2 is 1.81 bits per heavy atom. The molecule has 0 aliphatic carbocycles. The molecule has 1 heterocycles. The Bertz CT molecular complexity index is 897. The van der Waals surface area contributed by atoms with Gasteiger partial charge in [0.1, 0.15) is 5.82 Å². The molecule has 1 N–H and O–H groups in total. The fourth-order valence-corrected chi connectivity index (χ4v) is 2.60. The molecule has 3 rings (SSSR count). The molecule has 26 heavy (non-hydrogen) atoms. The Morgan fingerprint density at radius 1 is 1.08 bits per heavy atom. The topological polar surface area (TPSA) is 45.2 Å². The number of pyridine rings is 1. The number of para-hydroxylation sites is 1. The Morgan fingerprint density at radius 3 is 2.50 bits per heavy atom. The summed E-state index contributed by atoms with van der Waals surface area (Å²) in [5, 5.41) is 3.81. The molecule has 0 bridgehead atoms. The van der Waals surface area contributed by atoms with Crippen molar-refractivity contribution in [2.75, 3.05) is 27.2 Å². The molecule has 0 fully saturated rings. The third-order valence-corrected chi connectivity index (χ3v) is 3.95. The molecule has 0 aliphatic rings. The first-order valence-electron chi connectivity index (χ1n) is 8.13. The van der Waals surface area contributed by atoms with Crippen molar-refractivity contribution in [2.24, 2.45) is 0 Å². The van der Waals surface area contributed by atoms with Crippen molar-refractivity contribution in [2.45, 2.75) is 0 Å². The first kappa shape index (κ1) is 19.8. The average Bonchev–Trinajstić information content (AvgIpc) is 2.61. The number of fused-ring (bicyclic) bond motifs is 1. The highest BCUT2D eigenvalue weighted by molar-refractivity contribution is 6.05. The first-order valence-corrected chi connectivity index (χ1v) is 8.13. The molecular formula is C20H21ClFN3O. The summed E-state index contributed by atoms with van der Waals surface area (Å²) < 4.78 is 13.1. The van der Waals surface area contributed by atoms with Crippen LogP contribution in [-0.4, -0.2) is 43.0 Å². The van der Waals surface area contributed by atoms with E-state index in [1.165, 1.54) is 12.1 Å². The summed E-state index contributed by atoms with van der Waals surface area (Å²) in [5.74, 6) is -0.429. The van der Waals surface area contributed by atoms with Crippen LogP contribution in [0, 0.1) is 5.82 Å². The Hall–Kier alpha value is -2.50. The summed E-state index contributed by atoms with van der Waals surface area (Å²) >= 11 is 0. The lowest BCUT2D eigenvalue weighted by molar-refractivity contribution is 0.0952. The number of hydrogen-bond donors (Lipinski definition) is 1. The molecule has 0 unspecified atom stereocenters. The molecule has 0 saturated carbocycles. The van der Waals surface area contributed by atoms with E-state index in [0.29, 0.717) is 23.3 Å². The summed E-state index contributed by atoms with van der Waals surface area (Å²) in [4.78, 5) is 19.2. The maximum Gasteiger partial charge on any atom is 0.253 e. The second-order valence-electron chi connectivity index (χ2n) is 6.14. The first-order chi connectivity index (χ1) is 12.0. The minimum atomic E-state index is -0.287. The van der Waals surface area contributed by atoms with Crippen LogP contribution >= 0.6 is 12.4 Å². The molecule has 6 heteroatoms. The number of hydrogen-bond acceptors (Lipinski definition) is 3. The number of rotatable bonds is 5. The molecule has 1 aromatic heterocycles. The molecule has 1 amide bonds. The summed E-state index contributed by atoms with van der Waals surface area (Å²) in [6, 6.07) is 15.5. The van der Waals surface area contributed by atoms with E-state index in [0.717, 1.165) is 17.5 Å². The molecule has 0 saturated heterocycles. The maximum absolute atomic E-state index is 13.1. The van der Waals surface area contributed by atoms with Crippen LogP contribution in [0.4, 0.5) is 4.39 Å². The van der Waals surface area contributed by atoms with E-state index in [2.05, 4.69) is 10.3 Å². The third kappa shape index (κ3) is 4.56. The number of benzene rings is 2. The van der Waals surface area contributed by atoms with Gasteiger partial charge in [-0.1, -0.05) is 18.2 Å². The molecular weight excluding hydrogens is 353 g/mol. The predicted molar refractivity (Wildman–Crippen MR) is 105 cm³/mol. The smallest absolute Gasteiger partial charge is 0.253 e. The van der Waals surface area contributed by atoms with Gasteiger partial charge >= 0.3 is 0 Å². The van der Waals surface area contributed by atoms with E-state index in [1.54, 1.807) is 18.2 Å². The van der Waals surface area contributed by atoms with Crippen LogP contribution in [0.1, 0.15) is 10.4 Å². The van der Waals surface area contributed by atoms with Gasteiger partial charge in [-0.25, -0.2) is 9.37 Å². The minimum absolute atomic E-state index is 0. The lowest BCUT2D eigenvalue weighted by atomic mass is 10.1. The van der Waals surface area contributed by atoms with Crippen molar-refractivity contribution in [3.63, 3.8) is 0 Å². The molecule has 4 nitrogen and oxygen atoms in total. The van der Waals surface area contributed by atoms with Gasteiger partial charge in [-0.05, 0) is 50.5 Å². The van der Waals surface area contributed by atoms with Gasteiger partial charge in [-0.15, -0.1) is 12.4 Å². The van der Waals surface area contributed by atoms with Crippen molar-refractivity contribution in [3.05, 3.63) is 66.0 Å². The molecule has 3 aromatic rings. The Labute approximate surface area is 158 Å². The fraction of sp³-hybridized carbons (Fsp3) is 0.200. The quantitative estimate of drug-likeness (QED) is 0.740. The third-order valence-electron chi connectivity index (χ3n) is 3.95. The van der Waals surface area contributed by atoms with Gasteiger partial charge in [0.2, 0.25) is 0 Å². The molecule has 0 aliphatic heterocycles.